The van der Waals surface area contributed by atoms with E-state index in [1.54, 1.807) is 24.4 Å². The van der Waals surface area contributed by atoms with E-state index >= 15 is 0 Å². The average molecular weight is 425 g/mol. The van der Waals surface area contributed by atoms with Crippen LogP contribution < -0.4 is 11.4 Å². The lowest BCUT2D eigenvalue weighted by Gasteiger charge is -2.06. The van der Waals surface area contributed by atoms with Crippen LogP contribution in [0, 0.1) is 0 Å². The number of benzene rings is 1. The fourth-order valence-electron chi connectivity index (χ4n) is 2.33. The SMILES string of the molecule is Nn1c(SCc2cc(=O)n3ccsc3n2)nnc1-c1cc(Cl)ccc1Cl. The van der Waals surface area contributed by atoms with Gasteiger partial charge in [-0.15, -0.1) is 21.5 Å². The summed E-state index contributed by atoms with van der Waals surface area (Å²) >= 11 is 14.9. The first-order valence-corrected chi connectivity index (χ1v) is 9.89. The van der Waals surface area contributed by atoms with Gasteiger partial charge in [0, 0.05) is 34.0 Å². The average Bonchev–Trinajstić information content (AvgIpc) is 3.22. The standard InChI is InChI=1S/C15H10Cl2N6OS2/c16-8-1-2-11(17)10(5-8)13-20-21-15(23(13)18)26-7-9-6-12(24)22-3-4-25-14(22)19-9/h1-6H,7,18H2. The molecular weight excluding hydrogens is 415 g/mol. The Labute approximate surface area is 165 Å². The number of nitrogens with two attached hydrogens (primary N) is 1. The topological polar surface area (TPSA) is 91.1 Å². The predicted octanol–water partition coefficient (Wildman–Crippen LogP) is 3.33. The van der Waals surface area contributed by atoms with Gasteiger partial charge >= 0.3 is 0 Å². The maximum absolute atomic E-state index is 12.0. The lowest BCUT2D eigenvalue weighted by Crippen LogP contribution is -2.13. The molecule has 26 heavy (non-hydrogen) atoms. The van der Waals surface area contributed by atoms with E-state index in [2.05, 4.69) is 15.2 Å². The first-order valence-electron chi connectivity index (χ1n) is 7.27. The third-order valence-corrected chi connectivity index (χ3v) is 5.84. The van der Waals surface area contributed by atoms with Gasteiger partial charge in [-0.25, -0.2) is 9.66 Å². The highest BCUT2D eigenvalue weighted by Gasteiger charge is 2.16. The van der Waals surface area contributed by atoms with Crippen LogP contribution in [-0.2, 0) is 5.75 Å². The van der Waals surface area contributed by atoms with Crippen molar-refractivity contribution in [2.24, 2.45) is 0 Å². The van der Waals surface area contributed by atoms with E-state index in [-0.39, 0.29) is 5.56 Å². The van der Waals surface area contributed by atoms with Gasteiger partial charge in [-0.3, -0.25) is 9.20 Å². The summed E-state index contributed by atoms with van der Waals surface area (Å²) in [7, 11) is 0. The second-order valence-electron chi connectivity index (χ2n) is 5.23. The van der Waals surface area contributed by atoms with Crippen LogP contribution in [-0.4, -0.2) is 24.3 Å². The monoisotopic (exact) mass is 424 g/mol. The molecule has 132 valence electrons. The number of fused-ring (bicyclic) bond motifs is 1. The van der Waals surface area contributed by atoms with Gasteiger partial charge in [-0.05, 0) is 18.2 Å². The van der Waals surface area contributed by atoms with Crippen LogP contribution in [0.25, 0.3) is 16.3 Å². The van der Waals surface area contributed by atoms with E-state index in [4.69, 9.17) is 29.0 Å². The number of aromatic nitrogens is 5. The number of hydrogen-bond donors (Lipinski definition) is 1. The van der Waals surface area contributed by atoms with Crippen LogP contribution in [0.2, 0.25) is 10.0 Å². The number of nitrogens with zero attached hydrogens (tertiary/aromatic N) is 5. The number of rotatable bonds is 4. The van der Waals surface area contributed by atoms with E-state index in [0.29, 0.717) is 43.0 Å². The summed E-state index contributed by atoms with van der Waals surface area (Å²) in [4.78, 5) is 17.1. The minimum absolute atomic E-state index is 0.118. The molecule has 1 aromatic carbocycles. The van der Waals surface area contributed by atoms with E-state index in [0.717, 1.165) is 0 Å². The number of nitrogen functional groups attached to an aromatic ring is 1. The molecule has 0 fully saturated rings. The minimum Gasteiger partial charge on any atom is -0.335 e. The van der Waals surface area contributed by atoms with Crippen molar-refractivity contribution in [1.29, 1.82) is 0 Å². The molecule has 4 rings (SSSR count). The molecule has 0 saturated heterocycles. The third-order valence-electron chi connectivity index (χ3n) is 3.54. The highest BCUT2D eigenvalue weighted by molar-refractivity contribution is 7.98. The molecule has 0 amide bonds. The molecule has 0 aliphatic heterocycles. The summed E-state index contributed by atoms with van der Waals surface area (Å²) < 4.78 is 2.85. The van der Waals surface area contributed by atoms with Gasteiger partial charge in [0.25, 0.3) is 5.56 Å². The van der Waals surface area contributed by atoms with Crippen LogP contribution >= 0.6 is 46.3 Å². The molecule has 0 atom stereocenters. The Morgan fingerprint density at radius 3 is 2.92 bits per heavy atom. The number of thiazole rings is 1. The summed E-state index contributed by atoms with van der Waals surface area (Å²) in [5.74, 6) is 6.94. The minimum atomic E-state index is -0.118. The van der Waals surface area contributed by atoms with Crippen molar-refractivity contribution in [2.75, 3.05) is 5.84 Å². The van der Waals surface area contributed by atoms with Crippen molar-refractivity contribution in [3.8, 4) is 11.4 Å². The van der Waals surface area contributed by atoms with Gasteiger partial charge in [0.1, 0.15) is 0 Å². The van der Waals surface area contributed by atoms with Crippen LogP contribution in [0.1, 0.15) is 5.69 Å². The summed E-state index contributed by atoms with van der Waals surface area (Å²) in [6.45, 7) is 0. The first kappa shape index (κ1) is 17.3. The van der Waals surface area contributed by atoms with Gasteiger partial charge < -0.3 is 5.84 Å². The Bertz CT molecular complexity index is 1170. The van der Waals surface area contributed by atoms with Gasteiger partial charge in [-0.1, -0.05) is 35.0 Å². The normalized spacial score (nSPS) is 11.3. The summed E-state index contributed by atoms with van der Waals surface area (Å²) in [6, 6.07) is 6.54. The second-order valence-corrected chi connectivity index (χ2v) is 7.89. The quantitative estimate of drug-likeness (QED) is 0.399. The van der Waals surface area contributed by atoms with Crippen LogP contribution in [0.15, 0.2) is 45.8 Å². The molecule has 3 aromatic heterocycles. The highest BCUT2D eigenvalue weighted by atomic mass is 35.5. The van der Waals surface area contributed by atoms with Gasteiger partial charge in [0.15, 0.2) is 10.8 Å². The zero-order valence-corrected chi connectivity index (χ0v) is 16.1. The van der Waals surface area contributed by atoms with E-state index in [9.17, 15) is 4.79 Å². The molecule has 2 N–H and O–H groups in total. The zero-order valence-electron chi connectivity index (χ0n) is 13.0. The molecule has 0 radical (unpaired) electrons. The fraction of sp³-hybridized carbons (Fsp3) is 0.0667. The van der Waals surface area contributed by atoms with Gasteiger partial charge in [0.05, 0.1) is 10.7 Å². The summed E-state index contributed by atoms with van der Waals surface area (Å²) in [5, 5.41) is 11.5. The van der Waals surface area contributed by atoms with Gasteiger partial charge in [-0.2, -0.15) is 0 Å². The molecule has 0 unspecified atom stereocenters. The molecule has 3 heterocycles. The molecule has 0 bridgehead atoms. The molecule has 0 saturated carbocycles. The molecule has 0 aliphatic rings. The van der Waals surface area contributed by atoms with Crippen LogP contribution in [0.5, 0.6) is 0 Å². The first-order chi connectivity index (χ1) is 12.5. The van der Waals surface area contributed by atoms with Crippen molar-refractivity contribution in [3.63, 3.8) is 0 Å². The zero-order chi connectivity index (χ0) is 18.3. The summed E-state index contributed by atoms with van der Waals surface area (Å²) in [6.07, 6.45) is 1.70. The Balaban J connectivity index is 1.60. The van der Waals surface area contributed by atoms with Crippen molar-refractivity contribution in [3.05, 3.63) is 61.9 Å². The van der Waals surface area contributed by atoms with Crippen molar-refractivity contribution in [2.45, 2.75) is 10.9 Å². The lowest BCUT2D eigenvalue weighted by atomic mass is 10.2. The largest absolute Gasteiger partial charge is 0.335 e. The molecule has 0 spiro atoms. The van der Waals surface area contributed by atoms with Crippen molar-refractivity contribution >= 4 is 51.3 Å². The number of hydrogen-bond acceptors (Lipinski definition) is 7. The number of halogens is 2. The molecule has 7 nitrogen and oxygen atoms in total. The Morgan fingerprint density at radius 1 is 1.23 bits per heavy atom. The Kier molecular flexibility index (Phi) is 4.62. The van der Waals surface area contributed by atoms with Gasteiger partial charge in [0.2, 0.25) is 5.16 Å². The fourth-order valence-corrected chi connectivity index (χ4v) is 4.19. The molecule has 4 aromatic rings. The van der Waals surface area contributed by atoms with Crippen LogP contribution in [0.4, 0.5) is 0 Å². The Morgan fingerprint density at radius 2 is 2.08 bits per heavy atom. The lowest BCUT2D eigenvalue weighted by molar-refractivity contribution is 0.849. The van der Waals surface area contributed by atoms with Crippen molar-refractivity contribution in [1.82, 2.24) is 24.3 Å². The summed E-state index contributed by atoms with van der Waals surface area (Å²) in [5.41, 5.74) is 1.12. The Hall–Kier alpha value is -2.07. The third kappa shape index (κ3) is 3.18. The highest BCUT2D eigenvalue weighted by Crippen LogP contribution is 2.30. The van der Waals surface area contributed by atoms with Crippen molar-refractivity contribution < 1.29 is 0 Å². The number of thioether (sulfide) groups is 1. The molecular formula is C15H10Cl2N6OS2. The van der Waals surface area contributed by atoms with Crippen LogP contribution in [0.3, 0.4) is 0 Å². The smallest absolute Gasteiger partial charge is 0.258 e. The van der Waals surface area contributed by atoms with E-state index < -0.39 is 0 Å². The maximum atomic E-state index is 12.0. The van der Waals surface area contributed by atoms with E-state index in [1.165, 1.54) is 38.2 Å². The maximum Gasteiger partial charge on any atom is 0.258 e. The molecule has 11 heteroatoms. The molecule has 0 aliphatic carbocycles. The predicted molar refractivity (Wildman–Crippen MR) is 105 cm³/mol. The second kappa shape index (κ2) is 6.92. The van der Waals surface area contributed by atoms with E-state index in [1.807, 2.05) is 5.38 Å².